The standard InChI is InChI=1S/C46H44N6O6S3/c1-46(2,61-60-43-13-7-8-18-47-43)17-16-35(53)40-23-30-20-28(14-15-39(30)59-40)21-36(54)44-50-41(27-51(44)3)49-42(55)12-9-19-58-38-25-33-32(24-37(38)57-4)45(56)52-31(26-48-33)22-29-10-5-6-11-34(29)52/h5-8,10-11,13-15,18,20,23-27,31H,9,12,16-17,19,21-22H2,1-4H3,(H,49,55)/t31-/m0/s1. The largest absolute Gasteiger partial charge is 0.493 e. The van der Waals surface area contributed by atoms with Crippen molar-refractivity contribution in [2.75, 3.05) is 23.9 Å². The number of nitrogens with one attached hydrogen (secondary N) is 1. The number of ketones is 2. The quantitative estimate of drug-likeness (QED) is 0.0534. The number of benzene rings is 3. The van der Waals surface area contributed by atoms with E-state index in [0.717, 1.165) is 38.3 Å². The van der Waals surface area contributed by atoms with E-state index in [2.05, 4.69) is 34.1 Å². The van der Waals surface area contributed by atoms with Gasteiger partial charge in [0.1, 0.15) is 5.03 Å². The van der Waals surface area contributed by atoms with Crippen molar-refractivity contribution in [3.05, 3.63) is 119 Å². The number of hydrogen-bond donors (Lipinski definition) is 1. The van der Waals surface area contributed by atoms with Crippen LogP contribution in [0, 0.1) is 0 Å². The number of aryl methyl sites for hydroxylation is 1. The van der Waals surface area contributed by atoms with Gasteiger partial charge in [-0.3, -0.25) is 29.1 Å². The number of aromatic nitrogens is 3. The summed E-state index contributed by atoms with van der Waals surface area (Å²) in [6, 6.07) is 24.6. The van der Waals surface area contributed by atoms with E-state index in [1.54, 1.807) is 68.8 Å². The first-order chi connectivity index (χ1) is 29.4. The van der Waals surface area contributed by atoms with E-state index < -0.39 is 0 Å². The molecular formula is C46H44N6O6S3. The molecule has 0 saturated carbocycles. The summed E-state index contributed by atoms with van der Waals surface area (Å²) in [7, 11) is 6.58. The number of ether oxygens (including phenoxy) is 2. The molecule has 3 aromatic heterocycles. The topological polar surface area (TPSA) is 145 Å². The van der Waals surface area contributed by atoms with Gasteiger partial charge in [0.15, 0.2) is 28.9 Å². The number of amides is 2. The number of carbonyl (C=O) groups is 4. The van der Waals surface area contributed by atoms with Crippen molar-refractivity contribution < 1.29 is 28.7 Å². The molecule has 61 heavy (non-hydrogen) atoms. The van der Waals surface area contributed by atoms with Gasteiger partial charge in [-0.2, -0.15) is 0 Å². The number of nitrogens with zero attached hydrogens (tertiary/aromatic N) is 5. The molecule has 0 radical (unpaired) electrons. The number of Topliss-reactive ketones (excluding diaryl/α,β-unsaturated/α-hetero) is 2. The number of aliphatic imine (C=N–C) groups is 1. The minimum Gasteiger partial charge on any atom is -0.493 e. The minimum absolute atomic E-state index is 0.108. The van der Waals surface area contributed by atoms with Crippen LogP contribution in [0.2, 0.25) is 0 Å². The Morgan fingerprint density at radius 3 is 2.64 bits per heavy atom. The fourth-order valence-corrected chi connectivity index (χ4v) is 10.6. The number of carbonyl (C=O) groups excluding carboxylic acids is 4. The van der Waals surface area contributed by atoms with Crippen LogP contribution >= 0.6 is 32.9 Å². The van der Waals surface area contributed by atoms with E-state index >= 15 is 0 Å². The highest BCUT2D eigenvalue weighted by molar-refractivity contribution is 8.77. The maximum atomic E-state index is 13.7. The lowest BCUT2D eigenvalue weighted by Gasteiger charge is -2.22. The lowest BCUT2D eigenvalue weighted by molar-refractivity contribution is -0.116. The second kappa shape index (κ2) is 18.1. The molecule has 3 aromatic carbocycles. The van der Waals surface area contributed by atoms with Crippen LogP contribution < -0.4 is 19.7 Å². The van der Waals surface area contributed by atoms with Gasteiger partial charge >= 0.3 is 0 Å². The van der Waals surface area contributed by atoms with Gasteiger partial charge in [0.25, 0.3) is 5.91 Å². The Hall–Kier alpha value is -5.77. The predicted octanol–water partition coefficient (Wildman–Crippen LogP) is 9.73. The molecule has 5 heterocycles. The highest BCUT2D eigenvalue weighted by atomic mass is 33.1. The molecule has 312 valence electrons. The molecule has 6 aromatic rings. The summed E-state index contributed by atoms with van der Waals surface area (Å²) < 4.78 is 14.1. The molecular weight excluding hydrogens is 829 g/mol. The fraction of sp³-hybridized carbons (Fsp3) is 0.283. The minimum atomic E-state index is -0.274. The summed E-state index contributed by atoms with van der Waals surface area (Å²) in [6.07, 6.45) is 7.71. The van der Waals surface area contributed by atoms with Crippen LogP contribution in [0.15, 0.2) is 101 Å². The number of fused-ring (bicyclic) bond motifs is 5. The van der Waals surface area contributed by atoms with Crippen LogP contribution in [0.25, 0.3) is 10.1 Å². The summed E-state index contributed by atoms with van der Waals surface area (Å²) in [6.45, 7) is 4.50. The zero-order chi connectivity index (χ0) is 42.7. The normalized spacial score (nSPS) is 14.3. The molecule has 0 fully saturated rings. The first-order valence-corrected chi connectivity index (χ1v) is 22.9. The Balaban J connectivity index is 0.815. The van der Waals surface area contributed by atoms with Crippen molar-refractivity contribution in [3.63, 3.8) is 0 Å². The van der Waals surface area contributed by atoms with Crippen LogP contribution in [0.4, 0.5) is 17.2 Å². The van der Waals surface area contributed by atoms with Crippen LogP contribution in [-0.2, 0) is 24.7 Å². The molecule has 2 aliphatic heterocycles. The van der Waals surface area contributed by atoms with Crippen molar-refractivity contribution in [1.29, 1.82) is 0 Å². The van der Waals surface area contributed by atoms with Gasteiger partial charge in [-0.05, 0) is 96.5 Å². The van der Waals surface area contributed by atoms with Gasteiger partial charge in [0.05, 0.1) is 35.9 Å². The van der Waals surface area contributed by atoms with Gasteiger partial charge in [-0.25, -0.2) is 9.97 Å². The Bertz CT molecular complexity index is 2670. The van der Waals surface area contributed by atoms with E-state index in [1.807, 2.05) is 66.7 Å². The van der Waals surface area contributed by atoms with Crippen molar-refractivity contribution in [1.82, 2.24) is 14.5 Å². The molecule has 12 nitrogen and oxygen atoms in total. The average molecular weight is 873 g/mol. The summed E-state index contributed by atoms with van der Waals surface area (Å²) in [5.41, 5.74) is 3.73. The Labute approximate surface area is 365 Å². The number of anilines is 2. The van der Waals surface area contributed by atoms with Crippen LogP contribution in [0.5, 0.6) is 11.5 Å². The van der Waals surface area contributed by atoms with Gasteiger partial charge in [-0.1, -0.05) is 41.1 Å². The smallest absolute Gasteiger partial charge is 0.261 e. The van der Waals surface area contributed by atoms with Crippen molar-refractivity contribution >= 4 is 89.8 Å². The molecule has 0 unspecified atom stereocenters. The number of pyridine rings is 1. The third-order valence-corrected chi connectivity index (χ3v) is 14.9. The summed E-state index contributed by atoms with van der Waals surface area (Å²) in [5, 5.41) is 4.66. The molecule has 1 N–H and O–H groups in total. The second-order valence-corrected chi connectivity index (χ2v) is 19.5. The molecule has 0 spiro atoms. The van der Waals surface area contributed by atoms with Gasteiger partial charge in [0.2, 0.25) is 11.7 Å². The highest BCUT2D eigenvalue weighted by Gasteiger charge is 2.36. The van der Waals surface area contributed by atoms with Crippen molar-refractivity contribution in [3.8, 4) is 11.5 Å². The summed E-state index contributed by atoms with van der Waals surface area (Å²) in [4.78, 5) is 69.2. The summed E-state index contributed by atoms with van der Waals surface area (Å²) >= 11 is 1.47. The Morgan fingerprint density at radius 1 is 0.984 bits per heavy atom. The van der Waals surface area contributed by atoms with E-state index in [0.29, 0.717) is 46.9 Å². The van der Waals surface area contributed by atoms with Crippen molar-refractivity contribution in [2.24, 2.45) is 12.0 Å². The fourth-order valence-electron chi connectivity index (χ4n) is 7.33. The molecule has 1 atom stereocenters. The average Bonchev–Trinajstić information content (AvgIpc) is 3.95. The van der Waals surface area contributed by atoms with E-state index in [9.17, 15) is 19.2 Å². The maximum Gasteiger partial charge on any atom is 0.261 e. The molecule has 8 rings (SSSR count). The van der Waals surface area contributed by atoms with Gasteiger partial charge < -0.3 is 19.4 Å². The number of hydrogen-bond acceptors (Lipinski definition) is 12. The number of rotatable bonds is 17. The van der Waals surface area contributed by atoms with Crippen LogP contribution in [0.3, 0.4) is 0 Å². The Kier molecular flexibility index (Phi) is 12.4. The molecule has 0 saturated heterocycles. The van der Waals surface area contributed by atoms with Gasteiger partial charge in [0, 0.05) is 72.5 Å². The van der Waals surface area contributed by atoms with Gasteiger partial charge in [-0.15, -0.1) is 11.3 Å². The monoisotopic (exact) mass is 872 g/mol. The van der Waals surface area contributed by atoms with E-state index in [-0.39, 0.29) is 65.3 Å². The van der Waals surface area contributed by atoms with E-state index in [4.69, 9.17) is 9.47 Å². The lowest BCUT2D eigenvalue weighted by Crippen LogP contribution is -2.37. The molecule has 15 heteroatoms. The summed E-state index contributed by atoms with van der Waals surface area (Å²) in [5.74, 6) is 0.820. The molecule has 0 bridgehead atoms. The molecule has 2 amide bonds. The number of methoxy groups -OCH3 is 1. The maximum absolute atomic E-state index is 13.7. The predicted molar refractivity (Wildman–Crippen MR) is 244 cm³/mol. The third-order valence-electron chi connectivity index (χ3n) is 10.5. The highest BCUT2D eigenvalue weighted by Crippen LogP contribution is 2.43. The third kappa shape index (κ3) is 9.59. The Morgan fingerprint density at radius 2 is 1.82 bits per heavy atom. The molecule has 2 aliphatic rings. The van der Waals surface area contributed by atoms with Crippen molar-refractivity contribution in [2.45, 2.75) is 68.2 Å². The first kappa shape index (κ1) is 41.9. The van der Waals surface area contributed by atoms with E-state index in [1.165, 1.54) is 18.4 Å². The lowest BCUT2D eigenvalue weighted by atomic mass is 10.0. The second-order valence-electron chi connectivity index (χ2n) is 15.5. The SMILES string of the molecule is COc1cc2c(cc1OCCCC(=O)Nc1cn(C)c(C(=O)Cc3ccc4sc(C(=O)CCC(C)(C)SSc5ccccn5)cc4c3)n1)N=C[C@@H]1Cc3ccccc3N1C2=O. The zero-order valence-corrected chi connectivity index (χ0v) is 36.6. The van der Waals surface area contributed by atoms with Crippen LogP contribution in [0.1, 0.15) is 81.3 Å². The zero-order valence-electron chi connectivity index (χ0n) is 34.2. The number of imidazole rings is 1. The molecule has 0 aliphatic carbocycles. The first-order valence-electron chi connectivity index (χ1n) is 19.9. The number of thiophene rings is 1. The van der Waals surface area contributed by atoms with Crippen LogP contribution in [-0.4, -0.2) is 68.6 Å². The number of para-hydroxylation sites is 1.